The molecule has 0 aliphatic carbocycles. The van der Waals surface area contributed by atoms with Crippen LogP contribution in [0.15, 0.2) is 23.5 Å². The van der Waals surface area contributed by atoms with Crippen LogP contribution < -0.4 is 4.72 Å². The van der Waals surface area contributed by atoms with Crippen molar-refractivity contribution >= 4 is 32.7 Å². The predicted octanol–water partition coefficient (Wildman–Crippen LogP) is 1.85. The van der Waals surface area contributed by atoms with Crippen molar-refractivity contribution in [2.45, 2.75) is 18.9 Å². The van der Waals surface area contributed by atoms with E-state index in [1.807, 2.05) is 26.0 Å². The molecule has 1 heterocycles. The first kappa shape index (κ1) is 14.2. The van der Waals surface area contributed by atoms with Crippen LogP contribution in [0.1, 0.15) is 11.1 Å². The van der Waals surface area contributed by atoms with E-state index >= 15 is 0 Å². The number of aryl methyl sites for hydroxylation is 2. The molecule has 0 fully saturated rings. The summed E-state index contributed by atoms with van der Waals surface area (Å²) in [4.78, 5) is 8.45. The maximum atomic E-state index is 11.0. The van der Waals surface area contributed by atoms with Crippen molar-refractivity contribution in [1.29, 1.82) is 0 Å². The van der Waals surface area contributed by atoms with Gasteiger partial charge < -0.3 is 0 Å². The van der Waals surface area contributed by atoms with Crippen LogP contribution in [0, 0.1) is 13.8 Å². The molecule has 2 rings (SSSR count). The highest BCUT2D eigenvalue weighted by atomic mass is 32.2. The van der Waals surface area contributed by atoms with E-state index in [1.165, 1.54) is 29.2 Å². The van der Waals surface area contributed by atoms with E-state index in [2.05, 4.69) is 14.7 Å². The molecule has 0 unspecified atom stereocenters. The first-order valence-corrected chi connectivity index (χ1v) is 8.54. The lowest BCUT2D eigenvalue weighted by atomic mass is 10.1. The molecule has 1 N–H and O–H groups in total. The summed E-state index contributed by atoms with van der Waals surface area (Å²) in [6, 6.07) is 4.05. The molecule has 0 aliphatic rings. The zero-order valence-corrected chi connectivity index (χ0v) is 12.6. The Bertz CT molecular complexity index is 714. The number of rotatable bonds is 4. The molecule has 0 spiro atoms. The summed E-state index contributed by atoms with van der Waals surface area (Å²) in [6.07, 6.45) is 2.64. The van der Waals surface area contributed by atoms with Crippen molar-refractivity contribution in [2.75, 3.05) is 12.1 Å². The van der Waals surface area contributed by atoms with Crippen molar-refractivity contribution in [3.8, 4) is 0 Å². The lowest BCUT2D eigenvalue weighted by Crippen LogP contribution is -2.21. The third kappa shape index (κ3) is 3.65. The maximum Gasteiger partial charge on any atom is 0.209 e. The molecule has 0 atom stereocenters. The van der Waals surface area contributed by atoms with Gasteiger partial charge in [0.1, 0.15) is 11.4 Å². The maximum absolute atomic E-state index is 11.0. The number of benzene rings is 1. The quantitative estimate of drug-likeness (QED) is 0.530. The third-order valence-electron chi connectivity index (χ3n) is 2.74. The fraction of sp³-hybridized carbons (Fsp3) is 0.333. The number of nitrogens with one attached hydrogen (secondary N) is 1. The molecule has 0 saturated heterocycles. The van der Waals surface area contributed by atoms with E-state index in [4.69, 9.17) is 0 Å². The summed E-state index contributed by atoms with van der Waals surface area (Å²) in [5.74, 6) is 0.262. The van der Waals surface area contributed by atoms with Crippen LogP contribution in [0.25, 0.3) is 10.9 Å². The number of nitrogens with zero attached hydrogens (tertiary/aromatic N) is 2. The van der Waals surface area contributed by atoms with Crippen LogP contribution in [-0.2, 0) is 10.0 Å². The summed E-state index contributed by atoms with van der Waals surface area (Å²) in [7, 11) is -3.18. The molecule has 2 aromatic rings. The number of thioether (sulfide) groups is 1. The molecule has 0 aliphatic heterocycles. The van der Waals surface area contributed by atoms with Gasteiger partial charge in [-0.2, -0.15) is 0 Å². The lowest BCUT2D eigenvalue weighted by Gasteiger charge is -2.07. The van der Waals surface area contributed by atoms with E-state index in [-0.39, 0.29) is 5.88 Å². The minimum absolute atomic E-state index is 0.262. The Morgan fingerprint density at radius 2 is 1.89 bits per heavy atom. The SMILES string of the molecule is Cc1cc2ncnc(SCNS(C)(=O)=O)c2cc1C. The van der Waals surface area contributed by atoms with Gasteiger partial charge in [-0.1, -0.05) is 11.8 Å². The van der Waals surface area contributed by atoms with Gasteiger partial charge in [0.15, 0.2) is 0 Å². The van der Waals surface area contributed by atoms with Crippen LogP contribution >= 0.6 is 11.8 Å². The van der Waals surface area contributed by atoms with Crippen LogP contribution in [0.4, 0.5) is 0 Å². The van der Waals surface area contributed by atoms with Crippen molar-refractivity contribution in [1.82, 2.24) is 14.7 Å². The summed E-state index contributed by atoms with van der Waals surface area (Å²) in [5.41, 5.74) is 3.22. The number of fused-ring (bicyclic) bond motifs is 1. The summed E-state index contributed by atoms with van der Waals surface area (Å²) in [5, 5.41) is 1.73. The number of sulfonamides is 1. The molecular weight excluding hydrogens is 282 g/mol. The van der Waals surface area contributed by atoms with E-state index < -0.39 is 10.0 Å². The predicted molar refractivity (Wildman–Crippen MR) is 77.7 cm³/mol. The molecule has 5 nitrogen and oxygen atoms in total. The average Bonchev–Trinajstić information content (AvgIpc) is 2.30. The second-order valence-electron chi connectivity index (χ2n) is 4.34. The van der Waals surface area contributed by atoms with Gasteiger partial charge in [-0.05, 0) is 37.1 Å². The molecule has 0 bridgehead atoms. The second kappa shape index (κ2) is 5.44. The van der Waals surface area contributed by atoms with Crippen LogP contribution in [0.5, 0.6) is 0 Å². The zero-order valence-electron chi connectivity index (χ0n) is 11.0. The van der Waals surface area contributed by atoms with Gasteiger partial charge in [0.2, 0.25) is 10.0 Å². The number of hydrogen-bond donors (Lipinski definition) is 1. The first-order valence-electron chi connectivity index (χ1n) is 5.66. The molecule has 0 saturated carbocycles. The third-order valence-corrected chi connectivity index (χ3v) is 4.48. The lowest BCUT2D eigenvalue weighted by molar-refractivity contribution is 0.593. The van der Waals surface area contributed by atoms with E-state index in [0.717, 1.165) is 22.2 Å². The molecule has 7 heteroatoms. The van der Waals surface area contributed by atoms with Gasteiger partial charge in [-0.25, -0.2) is 23.1 Å². The Kier molecular flexibility index (Phi) is 4.07. The molecule has 19 heavy (non-hydrogen) atoms. The minimum atomic E-state index is -3.18. The van der Waals surface area contributed by atoms with Crippen LogP contribution in [0.3, 0.4) is 0 Å². The Morgan fingerprint density at radius 1 is 1.21 bits per heavy atom. The topological polar surface area (TPSA) is 72.0 Å². The molecule has 0 amide bonds. The van der Waals surface area contributed by atoms with Gasteiger partial charge in [0, 0.05) is 5.39 Å². The Balaban J connectivity index is 2.31. The molecule has 0 radical (unpaired) electrons. The second-order valence-corrected chi connectivity index (χ2v) is 7.13. The standard InChI is InChI=1S/C12H15N3O2S2/c1-8-4-10-11(5-9(8)2)13-6-14-12(10)18-7-15-19(3,16)17/h4-6,15H,7H2,1-3H3. The summed E-state index contributed by atoms with van der Waals surface area (Å²) >= 11 is 1.35. The van der Waals surface area contributed by atoms with Gasteiger partial charge in [-0.15, -0.1) is 0 Å². The van der Waals surface area contributed by atoms with Crippen LogP contribution in [-0.4, -0.2) is 30.5 Å². The highest BCUT2D eigenvalue weighted by molar-refractivity contribution is 8.00. The van der Waals surface area contributed by atoms with E-state index in [1.54, 1.807) is 0 Å². The van der Waals surface area contributed by atoms with Crippen LogP contribution in [0.2, 0.25) is 0 Å². The Hall–Kier alpha value is -1.18. The first-order chi connectivity index (χ1) is 8.87. The molecule has 102 valence electrons. The van der Waals surface area contributed by atoms with Gasteiger partial charge >= 0.3 is 0 Å². The largest absolute Gasteiger partial charge is 0.236 e. The number of hydrogen-bond acceptors (Lipinski definition) is 5. The smallest absolute Gasteiger partial charge is 0.209 e. The van der Waals surface area contributed by atoms with Gasteiger partial charge in [0.05, 0.1) is 17.6 Å². The highest BCUT2D eigenvalue weighted by Gasteiger charge is 2.07. The summed E-state index contributed by atoms with van der Waals surface area (Å²) in [6.45, 7) is 4.07. The normalized spacial score (nSPS) is 11.9. The van der Waals surface area contributed by atoms with Crippen molar-refractivity contribution < 1.29 is 8.42 Å². The van der Waals surface area contributed by atoms with E-state index in [9.17, 15) is 8.42 Å². The molecule has 1 aromatic heterocycles. The van der Waals surface area contributed by atoms with E-state index in [0.29, 0.717) is 0 Å². The monoisotopic (exact) mass is 297 g/mol. The van der Waals surface area contributed by atoms with Crippen molar-refractivity contribution in [3.63, 3.8) is 0 Å². The van der Waals surface area contributed by atoms with Crippen molar-refractivity contribution in [3.05, 3.63) is 29.6 Å². The highest BCUT2D eigenvalue weighted by Crippen LogP contribution is 2.26. The molecule has 1 aromatic carbocycles. The minimum Gasteiger partial charge on any atom is -0.236 e. The Morgan fingerprint density at radius 3 is 2.58 bits per heavy atom. The summed E-state index contributed by atoms with van der Waals surface area (Å²) < 4.78 is 24.5. The fourth-order valence-corrected chi connectivity index (χ4v) is 3.28. The van der Waals surface area contributed by atoms with Crippen molar-refractivity contribution in [2.24, 2.45) is 0 Å². The Labute approximate surface area is 116 Å². The zero-order chi connectivity index (χ0) is 14.0. The average molecular weight is 297 g/mol. The fourth-order valence-electron chi connectivity index (χ4n) is 1.61. The number of aromatic nitrogens is 2. The van der Waals surface area contributed by atoms with Gasteiger partial charge in [0.25, 0.3) is 0 Å². The van der Waals surface area contributed by atoms with Gasteiger partial charge in [-0.3, -0.25) is 0 Å². The molecular formula is C12H15N3O2S2.